The topological polar surface area (TPSA) is 70.9 Å². The normalized spacial score (nSPS) is 21.5. The van der Waals surface area contributed by atoms with E-state index in [9.17, 15) is 0 Å². The van der Waals surface area contributed by atoms with Crippen LogP contribution in [0.25, 0.3) is 0 Å². The fourth-order valence-electron chi connectivity index (χ4n) is 4.62. The van der Waals surface area contributed by atoms with Gasteiger partial charge in [0.1, 0.15) is 37.9 Å². The summed E-state index contributed by atoms with van der Waals surface area (Å²) in [6, 6.07) is 17.1. The van der Waals surface area contributed by atoms with Crippen LogP contribution < -0.4 is 19.3 Å². The highest BCUT2D eigenvalue weighted by Gasteiger charge is 2.33. The van der Waals surface area contributed by atoms with Crippen LogP contribution >= 0.6 is 0 Å². The van der Waals surface area contributed by atoms with Crippen molar-refractivity contribution < 1.29 is 19.3 Å². The molecule has 0 unspecified atom stereocenters. The van der Waals surface area contributed by atoms with E-state index < -0.39 is 0 Å². The van der Waals surface area contributed by atoms with E-state index in [-0.39, 0.29) is 6.79 Å². The average Bonchev–Trinajstić information content (AvgIpc) is 3.45. The van der Waals surface area contributed by atoms with Crippen LogP contribution in [0, 0.1) is 0 Å². The van der Waals surface area contributed by atoms with E-state index in [1.807, 2.05) is 16.8 Å². The molecule has 1 atom stereocenters. The smallest absolute Gasteiger partial charge is 0.231 e. The van der Waals surface area contributed by atoms with Crippen LogP contribution in [0.4, 0.5) is 5.69 Å². The maximum Gasteiger partial charge on any atom is 0.231 e. The van der Waals surface area contributed by atoms with E-state index in [1.54, 1.807) is 9.80 Å². The van der Waals surface area contributed by atoms with Gasteiger partial charge in [-0.05, 0) is 40.3 Å². The van der Waals surface area contributed by atoms with Crippen molar-refractivity contribution in [3.63, 3.8) is 0 Å². The highest BCUT2D eigenvalue weighted by atomic mass is 16.7. The third kappa shape index (κ3) is 3.76. The average molecular weight is 409 g/mol. The lowest BCUT2D eigenvalue weighted by Gasteiger charge is -2.33. The summed E-state index contributed by atoms with van der Waals surface area (Å²) < 4.78 is 12.9. The van der Waals surface area contributed by atoms with Crippen LogP contribution in [0.5, 0.6) is 11.5 Å². The van der Waals surface area contributed by atoms with Crippen LogP contribution in [-0.4, -0.2) is 53.2 Å². The van der Waals surface area contributed by atoms with Gasteiger partial charge in [0.25, 0.3) is 0 Å². The number of nitrogens with zero attached hydrogens (tertiary/aromatic N) is 4. The van der Waals surface area contributed by atoms with Crippen molar-refractivity contribution in [3.8, 4) is 11.5 Å². The zero-order valence-electron chi connectivity index (χ0n) is 17.3. The number of hydrogen-bond donors (Lipinski definition) is 2. The molecule has 1 aromatic heterocycles. The predicted octanol–water partition coefficient (Wildman–Crippen LogP) is 0.0163. The molecule has 156 valence electrons. The summed E-state index contributed by atoms with van der Waals surface area (Å²) in [5.74, 6) is 2.55. The standard InChI is InChI=1S/C22H26N6O2/c1-2-19(27-12-10-26(11-13-27)18-6-4-3-5-7-18)22-23-24-25-28(22)15-17-8-9-20-21(14-17)30-16-29-20/h3-9,14,19H,2,10-13,15-16H2,1H3/p+2/t19-/m0/s1. The number of benzene rings is 2. The molecular formula is C22H28N6O2+2. The molecule has 3 heterocycles. The molecule has 2 aliphatic heterocycles. The third-order valence-corrected chi connectivity index (χ3v) is 6.22. The van der Waals surface area contributed by atoms with Gasteiger partial charge in [-0.15, -0.1) is 5.10 Å². The van der Waals surface area contributed by atoms with Gasteiger partial charge in [0.05, 0.1) is 6.54 Å². The Balaban J connectivity index is 1.29. The molecule has 0 aliphatic carbocycles. The van der Waals surface area contributed by atoms with E-state index in [0.717, 1.165) is 55.5 Å². The molecule has 8 nitrogen and oxygen atoms in total. The lowest BCUT2D eigenvalue weighted by molar-refractivity contribution is -1.01. The minimum Gasteiger partial charge on any atom is -0.454 e. The molecule has 2 aromatic carbocycles. The molecule has 30 heavy (non-hydrogen) atoms. The van der Waals surface area contributed by atoms with Crippen LogP contribution in [0.2, 0.25) is 0 Å². The molecule has 0 amide bonds. The summed E-state index contributed by atoms with van der Waals surface area (Å²) in [7, 11) is 0. The van der Waals surface area contributed by atoms with Crippen molar-refractivity contribution in [3.05, 3.63) is 59.9 Å². The van der Waals surface area contributed by atoms with Crippen LogP contribution in [-0.2, 0) is 6.54 Å². The number of hydrogen-bond acceptors (Lipinski definition) is 5. The van der Waals surface area contributed by atoms with Gasteiger partial charge >= 0.3 is 0 Å². The van der Waals surface area contributed by atoms with Gasteiger partial charge < -0.3 is 14.4 Å². The Hall–Kier alpha value is -2.97. The van der Waals surface area contributed by atoms with Gasteiger partial charge in [-0.2, -0.15) is 0 Å². The van der Waals surface area contributed by atoms with Crippen molar-refractivity contribution in [2.24, 2.45) is 0 Å². The third-order valence-electron chi connectivity index (χ3n) is 6.22. The Morgan fingerprint density at radius 2 is 1.80 bits per heavy atom. The summed E-state index contributed by atoms with van der Waals surface area (Å²) in [4.78, 5) is 3.13. The lowest BCUT2D eigenvalue weighted by atomic mass is 10.1. The number of rotatable bonds is 6. The molecule has 0 radical (unpaired) electrons. The number of piperazine rings is 1. The molecule has 1 saturated heterocycles. The maximum absolute atomic E-state index is 5.51. The van der Waals surface area contributed by atoms with Gasteiger partial charge in [0.2, 0.25) is 12.6 Å². The molecule has 8 heteroatoms. The Kier molecular flexibility index (Phi) is 5.33. The number of para-hydroxylation sites is 1. The first kappa shape index (κ1) is 19.0. The van der Waals surface area contributed by atoms with Gasteiger partial charge in [0, 0.05) is 6.42 Å². The fraction of sp³-hybridized carbons (Fsp3) is 0.409. The fourth-order valence-corrected chi connectivity index (χ4v) is 4.62. The summed E-state index contributed by atoms with van der Waals surface area (Å²) >= 11 is 0. The Bertz CT molecular complexity index is 984. The van der Waals surface area contributed by atoms with Crippen LogP contribution in [0.15, 0.2) is 48.5 Å². The Labute approximate surface area is 176 Å². The predicted molar refractivity (Wildman–Crippen MR) is 110 cm³/mol. The number of quaternary nitrogens is 2. The van der Waals surface area contributed by atoms with Gasteiger partial charge in [-0.3, -0.25) is 4.90 Å². The number of aromatic nitrogens is 4. The number of tetrazole rings is 1. The number of fused-ring (bicyclic) bond motifs is 1. The van der Waals surface area contributed by atoms with Crippen molar-refractivity contribution in [1.82, 2.24) is 20.2 Å². The zero-order chi connectivity index (χ0) is 20.3. The van der Waals surface area contributed by atoms with Gasteiger partial charge in [0.15, 0.2) is 11.5 Å². The molecular weight excluding hydrogens is 380 g/mol. The van der Waals surface area contributed by atoms with Crippen molar-refractivity contribution >= 4 is 5.69 Å². The molecule has 0 spiro atoms. The van der Waals surface area contributed by atoms with Crippen LogP contribution in [0.3, 0.4) is 0 Å². The quantitative estimate of drug-likeness (QED) is 0.602. The SMILES string of the molecule is CC[C@@H](c1nnnn1Cc1ccc2c(c1)OCO2)[NH+]1CC[NH+](c2ccccc2)CC1. The molecule has 0 bridgehead atoms. The first-order valence-corrected chi connectivity index (χ1v) is 10.7. The highest BCUT2D eigenvalue weighted by molar-refractivity contribution is 5.44. The highest BCUT2D eigenvalue weighted by Crippen LogP contribution is 2.32. The molecule has 2 aliphatic rings. The molecule has 1 fully saturated rings. The second-order valence-electron chi connectivity index (χ2n) is 7.97. The molecule has 3 aromatic rings. The number of nitrogens with one attached hydrogen (secondary N) is 2. The summed E-state index contributed by atoms with van der Waals surface area (Å²) in [5.41, 5.74) is 2.49. The summed E-state index contributed by atoms with van der Waals surface area (Å²) in [5, 5.41) is 12.7. The second-order valence-corrected chi connectivity index (χ2v) is 7.97. The monoisotopic (exact) mass is 408 g/mol. The van der Waals surface area contributed by atoms with E-state index >= 15 is 0 Å². The van der Waals surface area contributed by atoms with Crippen molar-refractivity contribution in [1.29, 1.82) is 0 Å². The molecule has 5 rings (SSSR count). The number of ether oxygens (including phenoxy) is 2. The van der Waals surface area contributed by atoms with E-state index in [1.165, 1.54) is 5.69 Å². The lowest BCUT2D eigenvalue weighted by Crippen LogP contribution is -3.26. The van der Waals surface area contributed by atoms with E-state index in [2.05, 4.69) is 58.8 Å². The van der Waals surface area contributed by atoms with Gasteiger partial charge in [-0.25, -0.2) is 4.68 Å². The Morgan fingerprint density at radius 1 is 1.00 bits per heavy atom. The first-order valence-electron chi connectivity index (χ1n) is 10.7. The molecule has 2 N–H and O–H groups in total. The minimum absolute atomic E-state index is 0.285. The van der Waals surface area contributed by atoms with E-state index in [0.29, 0.717) is 12.6 Å². The summed E-state index contributed by atoms with van der Waals surface area (Å²) in [6.07, 6.45) is 1.01. The van der Waals surface area contributed by atoms with Crippen molar-refractivity contribution in [2.45, 2.75) is 25.9 Å². The second kappa shape index (κ2) is 8.41. The largest absolute Gasteiger partial charge is 0.454 e. The zero-order valence-corrected chi connectivity index (χ0v) is 17.3. The van der Waals surface area contributed by atoms with Crippen LogP contribution in [0.1, 0.15) is 30.8 Å². The Morgan fingerprint density at radius 3 is 2.60 bits per heavy atom. The van der Waals surface area contributed by atoms with Gasteiger partial charge in [-0.1, -0.05) is 31.2 Å². The maximum atomic E-state index is 5.51. The molecule has 0 saturated carbocycles. The summed E-state index contributed by atoms with van der Waals surface area (Å²) in [6.45, 7) is 7.61. The first-order chi connectivity index (χ1) is 14.8. The minimum atomic E-state index is 0.285. The van der Waals surface area contributed by atoms with E-state index in [4.69, 9.17) is 9.47 Å². The van der Waals surface area contributed by atoms with Crippen molar-refractivity contribution in [2.75, 3.05) is 33.0 Å².